The topological polar surface area (TPSA) is 37.4 Å². The van der Waals surface area contributed by atoms with E-state index >= 15 is 0 Å². The molecule has 1 heterocycles. The maximum absolute atomic E-state index is 12.1. The molecule has 1 aliphatic rings. The lowest BCUT2D eigenvalue weighted by Gasteiger charge is -2.24. The Bertz CT molecular complexity index is 484. The average Bonchev–Trinajstić information content (AvgIpc) is 2.46. The standard InChI is InChI=1S/C17H22BrNO2/c18-15-10-8-14(9-11-15)16(20)6-5-13-19-12-4-2-1-3-7-17(19)21/h8-11H,1-7,12-13H2. The monoisotopic (exact) mass is 351 g/mol. The summed E-state index contributed by atoms with van der Waals surface area (Å²) in [5.74, 6) is 0.410. The number of Topliss-reactive ketones (excluding diaryl/α,β-unsaturated/α-hetero) is 1. The molecule has 1 aliphatic heterocycles. The first-order valence-corrected chi connectivity index (χ1v) is 8.52. The summed E-state index contributed by atoms with van der Waals surface area (Å²) < 4.78 is 0.977. The molecular weight excluding hydrogens is 330 g/mol. The zero-order valence-corrected chi connectivity index (χ0v) is 13.9. The van der Waals surface area contributed by atoms with Crippen LogP contribution in [0.3, 0.4) is 0 Å². The molecule has 1 saturated heterocycles. The molecule has 1 aromatic carbocycles. The molecule has 1 aromatic rings. The van der Waals surface area contributed by atoms with Crippen LogP contribution < -0.4 is 0 Å². The largest absolute Gasteiger partial charge is 0.343 e. The highest BCUT2D eigenvalue weighted by molar-refractivity contribution is 9.10. The van der Waals surface area contributed by atoms with Gasteiger partial charge >= 0.3 is 0 Å². The quantitative estimate of drug-likeness (QED) is 0.745. The molecule has 114 valence electrons. The fourth-order valence-corrected chi connectivity index (χ4v) is 2.93. The summed E-state index contributed by atoms with van der Waals surface area (Å²) in [6.45, 7) is 1.56. The molecule has 21 heavy (non-hydrogen) atoms. The van der Waals surface area contributed by atoms with E-state index in [1.807, 2.05) is 29.2 Å². The number of hydrogen-bond donors (Lipinski definition) is 0. The van der Waals surface area contributed by atoms with Crippen molar-refractivity contribution in [1.29, 1.82) is 0 Å². The van der Waals surface area contributed by atoms with E-state index in [4.69, 9.17) is 0 Å². The molecule has 4 heteroatoms. The highest BCUT2D eigenvalue weighted by Gasteiger charge is 2.15. The minimum absolute atomic E-state index is 0.155. The third-order valence-corrected chi connectivity index (χ3v) is 4.45. The SMILES string of the molecule is O=C(CCCN1CCCCCCC1=O)c1ccc(Br)cc1. The lowest BCUT2D eigenvalue weighted by molar-refractivity contribution is -0.131. The third kappa shape index (κ3) is 5.27. The first kappa shape index (κ1) is 16.2. The van der Waals surface area contributed by atoms with Crippen molar-refractivity contribution in [3.8, 4) is 0 Å². The maximum Gasteiger partial charge on any atom is 0.222 e. The van der Waals surface area contributed by atoms with Crippen LogP contribution in [0.2, 0.25) is 0 Å². The van der Waals surface area contributed by atoms with E-state index in [0.29, 0.717) is 19.4 Å². The van der Waals surface area contributed by atoms with Crippen LogP contribution >= 0.6 is 15.9 Å². The van der Waals surface area contributed by atoms with Crippen molar-refractivity contribution in [2.45, 2.75) is 44.9 Å². The van der Waals surface area contributed by atoms with Gasteiger partial charge in [0.2, 0.25) is 5.91 Å². The number of halogens is 1. The van der Waals surface area contributed by atoms with Gasteiger partial charge in [-0.25, -0.2) is 0 Å². The van der Waals surface area contributed by atoms with Crippen molar-refractivity contribution in [3.63, 3.8) is 0 Å². The summed E-state index contributed by atoms with van der Waals surface area (Å²) in [6, 6.07) is 7.45. The van der Waals surface area contributed by atoms with Crippen LogP contribution in [0.1, 0.15) is 55.3 Å². The van der Waals surface area contributed by atoms with E-state index in [2.05, 4.69) is 15.9 Å². The zero-order valence-electron chi connectivity index (χ0n) is 12.3. The normalized spacial score (nSPS) is 16.4. The Hall–Kier alpha value is -1.16. The van der Waals surface area contributed by atoms with Crippen LogP contribution in [-0.4, -0.2) is 29.7 Å². The van der Waals surface area contributed by atoms with Gasteiger partial charge in [-0.1, -0.05) is 40.9 Å². The van der Waals surface area contributed by atoms with Gasteiger partial charge in [-0.15, -0.1) is 0 Å². The Balaban J connectivity index is 1.78. The molecule has 0 N–H and O–H groups in total. The minimum Gasteiger partial charge on any atom is -0.343 e. The smallest absolute Gasteiger partial charge is 0.222 e. The summed E-state index contributed by atoms with van der Waals surface area (Å²) in [5, 5.41) is 0. The highest BCUT2D eigenvalue weighted by atomic mass is 79.9. The van der Waals surface area contributed by atoms with Crippen LogP contribution in [0.4, 0.5) is 0 Å². The van der Waals surface area contributed by atoms with E-state index in [0.717, 1.165) is 35.8 Å². The second-order valence-corrected chi connectivity index (χ2v) is 6.49. The first-order chi connectivity index (χ1) is 10.2. The molecule has 0 unspecified atom stereocenters. The van der Waals surface area contributed by atoms with Crippen LogP contribution in [0, 0.1) is 0 Å². The van der Waals surface area contributed by atoms with Gasteiger partial charge in [0.05, 0.1) is 0 Å². The number of amides is 1. The van der Waals surface area contributed by atoms with E-state index in [1.54, 1.807) is 0 Å². The van der Waals surface area contributed by atoms with Crippen LogP contribution in [-0.2, 0) is 4.79 Å². The van der Waals surface area contributed by atoms with E-state index in [-0.39, 0.29) is 11.7 Å². The molecule has 0 aromatic heterocycles. The lowest BCUT2D eigenvalue weighted by atomic mass is 10.1. The van der Waals surface area contributed by atoms with Crippen molar-refractivity contribution in [1.82, 2.24) is 4.90 Å². The fourth-order valence-electron chi connectivity index (χ4n) is 2.66. The Morgan fingerprint density at radius 3 is 2.57 bits per heavy atom. The molecule has 3 nitrogen and oxygen atoms in total. The van der Waals surface area contributed by atoms with Crippen molar-refractivity contribution < 1.29 is 9.59 Å². The molecule has 0 spiro atoms. The summed E-state index contributed by atoms with van der Waals surface area (Å²) in [6.07, 6.45) is 6.40. The molecule has 0 aliphatic carbocycles. The van der Waals surface area contributed by atoms with E-state index in [9.17, 15) is 9.59 Å². The number of rotatable bonds is 5. The second-order valence-electron chi connectivity index (χ2n) is 5.58. The Morgan fingerprint density at radius 1 is 1.10 bits per heavy atom. The van der Waals surface area contributed by atoms with Crippen molar-refractivity contribution in [2.24, 2.45) is 0 Å². The van der Waals surface area contributed by atoms with Crippen molar-refractivity contribution in [2.75, 3.05) is 13.1 Å². The molecule has 0 saturated carbocycles. The van der Waals surface area contributed by atoms with Gasteiger partial charge in [-0.3, -0.25) is 9.59 Å². The number of likely N-dealkylation sites (tertiary alicyclic amines) is 1. The van der Waals surface area contributed by atoms with Crippen LogP contribution in [0.25, 0.3) is 0 Å². The van der Waals surface area contributed by atoms with Gasteiger partial charge in [0.15, 0.2) is 5.78 Å². The van der Waals surface area contributed by atoms with Crippen molar-refractivity contribution >= 4 is 27.6 Å². The maximum atomic E-state index is 12.1. The van der Waals surface area contributed by atoms with Gasteiger partial charge in [0, 0.05) is 36.0 Å². The summed E-state index contributed by atoms with van der Waals surface area (Å²) >= 11 is 3.36. The summed E-state index contributed by atoms with van der Waals surface area (Å²) in [7, 11) is 0. The minimum atomic E-state index is 0.155. The Kier molecular flexibility index (Phi) is 6.43. The van der Waals surface area contributed by atoms with Gasteiger partial charge in [0.25, 0.3) is 0 Å². The molecule has 2 rings (SSSR count). The van der Waals surface area contributed by atoms with Gasteiger partial charge in [-0.05, 0) is 31.4 Å². The number of carbonyl (C=O) groups excluding carboxylic acids is 2. The fraction of sp³-hybridized carbons (Fsp3) is 0.529. The second kappa shape index (κ2) is 8.32. The highest BCUT2D eigenvalue weighted by Crippen LogP contribution is 2.15. The molecule has 0 atom stereocenters. The predicted octanol–water partition coefficient (Wildman–Crippen LogP) is 4.20. The average molecular weight is 352 g/mol. The van der Waals surface area contributed by atoms with Gasteiger partial charge in [-0.2, -0.15) is 0 Å². The number of carbonyl (C=O) groups is 2. The van der Waals surface area contributed by atoms with E-state index in [1.165, 1.54) is 12.8 Å². The predicted molar refractivity (Wildman–Crippen MR) is 87.4 cm³/mol. The van der Waals surface area contributed by atoms with Gasteiger partial charge in [0.1, 0.15) is 0 Å². The number of ketones is 1. The Morgan fingerprint density at radius 2 is 1.81 bits per heavy atom. The molecule has 0 radical (unpaired) electrons. The molecule has 1 amide bonds. The number of benzene rings is 1. The number of hydrogen-bond acceptors (Lipinski definition) is 2. The summed E-state index contributed by atoms with van der Waals surface area (Å²) in [5.41, 5.74) is 0.747. The van der Waals surface area contributed by atoms with E-state index < -0.39 is 0 Å². The molecule has 0 bridgehead atoms. The third-order valence-electron chi connectivity index (χ3n) is 3.92. The Labute approximate surface area is 134 Å². The molecule has 1 fully saturated rings. The van der Waals surface area contributed by atoms with Crippen LogP contribution in [0.15, 0.2) is 28.7 Å². The number of nitrogens with zero attached hydrogens (tertiary/aromatic N) is 1. The summed E-state index contributed by atoms with van der Waals surface area (Å²) in [4.78, 5) is 26.0. The van der Waals surface area contributed by atoms with Crippen LogP contribution in [0.5, 0.6) is 0 Å². The van der Waals surface area contributed by atoms with Crippen molar-refractivity contribution in [3.05, 3.63) is 34.3 Å². The molecular formula is C17H22BrNO2. The lowest BCUT2D eigenvalue weighted by Crippen LogP contribution is -2.33. The van der Waals surface area contributed by atoms with Gasteiger partial charge < -0.3 is 4.90 Å². The first-order valence-electron chi connectivity index (χ1n) is 7.73. The zero-order chi connectivity index (χ0) is 15.1.